The molecule has 2 rings (SSSR count). The lowest BCUT2D eigenvalue weighted by molar-refractivity contribution is -0.114. The molecular weight excluding hydrogens is 314 g/mol. The van der Waals surface area contributed by atoms with Crippen molar-refractivity contribution in [3.05, 3.63) is 65.2 Å². The van der Waals surface area contributed by atoms with Crippen LogP contribution in [-0.2, 0) is 10.2 Å². The van der Waals surface area contributed by atoms with Gasteiger partial charge in [-0.3, -0.25) is 9.59 Å². The highest BCUT2D eigenvalue weighted by atomic mass is 16.3. The predicted octanol–water partition coefficient (Wildman–Crippen LogP) is 4.54. The molecule has 0 aliphatic heterocycles. The molecule has 0 aliphatic rings. The molecule has 0 saturated carbocycles. The van der Waals surface area contributed by atoms with Crippen LogP contribution in [0.15, 0.2) is 48.5 Å². The molecule has 0 bridgehead atoms. The third kappa shape index (κ3) is 5.05. The molecule has 0 atom stereocenters. The van der Waals surface area contributed by atoms with E-state index in [-0.39, 0.29) is 28.4 Å². The van der Waals surface area contributed by atoms with E-state index in [2.05, 4.69) is 26.1 Å². The highest BCUT2D eigenvalue weighted by molar-refractivity contribution is 6.09. The van der Waals surface area contributed by atoms with Crippen LogP contribution >= 0.6 is 0 Å². The standard InChI is InChI=1S/C21H23NO3/c1-14(23)22-17-10-11-18(20(25)13-17)19(24)12-7-15-5-8-16(9-6-15)21(2,3)4/h5-13,25H,1-4H3,(H,22,23)/b12-7+. The summed E-state index contributed by atoms with van der Waals surface area (Å²) in [6.07, 6.45) is 3.15. The lowest BCUT2D eigenvalue weighted by Crippen LogP contribution is -2.10. The summed E-state index contributed by atoms with van der Waals surface area (Å²) in [7, 11) is 0. The summed E-state index contributed by atoms with van der Waals surface area (Å²) in [4.78, 5) is 23.3. The predicted molar refractivity (Wildman–Crippen MR) is 101 cm³/mol. The van der Waals surface area contributed by atoms with Crippen LogP contribution < -0.4 is 5.32 Å². The Balaban J connectivity index is 2.13. The summed E-state index contributed by atoms with van der Waals surface area (Å²) in [5, 5.41) is 12.6. The summed E-state index contributed by atoms with van der Waals surface area (Å²) in [5.41, 5.74) is 2.86. The van der Waals surface area contributed by atoms with Gasteiger partial charge in [-0.25, -0.2) is 0 Å². The van der Waals surface area contributed by atoms with Gasteiger partial charge < -0.3 is 10.4 Å². The monoisotopic (exact) mass is 337 g/mol. The van der Waals surface area contributed by atoms with Gasteiger partial charge in [0.05, 0.1) is 5.56 Å². The molecular formula is C21H23NO3. The second-order valence-electron chi connectivity index (χ2n) is 6.98. The summed E-state index contributed by atoms with van der Waals surface area (Å²) < 4.78 is 0. The number of phenols is 1. The molecule has 0 aromatic heterocycles. The van der Waals surface area contributed by atoms with Crippen LogP contribution in [0.4, 0.5) is 5.69 Å². The Bertz CT molecular complexity index is 812. The van der Waals surface area contributed by atoms with Crippen LogP contribution in [0.1, 0.15) is 49.2 Å². The van der Waals surface area contributed by atoms with Gasteiger partial charge in [0.25, 0.3) is 0 Å². The van der Waals surface area contributed by atoms with Crippen LogP contribution in [0.2, 0.25) is 0 Å². The van der Waals surface area contributed by atoms with Crippen LogP contribution in [0, 0.1) is 0 Å². The largest absolute Gasteiger partial charge is 0.507 e. The van der Waals surface area contributed by atoms with E-state index >= 15 is 0 Å². The maximum atomic E-state index is 12.3. The number of anilines is 1. The number of carbonyl (C=O) groups is 2. The molecule has 2 aromatic carbocycles. The average molecular weight is 337 g/mol. The van der Waals surface area contributed by atoms with Crippen molar-refractivity contribution in [3.8, 4) is 5.75 Å². The number of amides is 1. The van der Waals surface area contributed by atoms with Crippen molar-refractivity contribution < 1.29 is 14.7 Å². The topological polar surface area (TPSA) is 66.4 Å². The van der Waals surface area contributed by atoms with E-state index in [0.29, 0.717) is 5.69 Å². The molecule has 25 heavy (non-hydrogen) atoms. The molecule has 0 heterocycles. The molecule has 2 aromatic rings. The minimum atomic E-state index is -0.299. The zero-order valence-corrected chi connectivity index (χ0v) is 15.0. The molecule has 130 valence electrons. The minimum absolute atomic E-state index is 0.0828. The second-order valence-corrected chi connectivity index (χ2v) is 6.98. The van der Waals surface area contributed by atoms with Gasteiger partial charge in [0.1, 0.15) is 5.75 Å². The van der Waals surface area contributed by atoms with Crippen LogP contribution in [0.25, 0.3) is 6.08 Å². The number of carbonyl (C=O) groups excluding carboxylic acids is 2. The fourth-order valence-corrected chi connectivity index (χ4v) is 2.38. The van der Waals surface area contributed by atoms with E-state index in [0.717, 1.165) is 5.56 Å². The van der Waals surface area contributed by atoms with E-state index < -0.39 is 0 Å². The fourth-order valence-electron chi connectivity index (χ4n) is 2.38. The molecule has 4 heteroatoms. The highest BCUT2D eigenvalue weighted by Crippen LogP contribution is 2.24. The van der Waals surface area contributed by atoms with Gasteiger partial charge in [0, 0.05) is 18.7 Å². The normalized spacial score (nSPS) is 11.5. The maximum absolute atomic E-state index is 12.3. The van der Waals surface area contributed by atoms with Gasteiger partial charge in [-0.1, -0.05) is 51.1 Å². The van der Waals surface area contributed by atoms with Crippen molar-refractivity contribution in [2.75, 3.05) is 5.32 Å². The highest BCUT2D eigenvalue weighted by Gasteiger charge is 2.13. The Kier molecular flexibility index (Phi) is 5.42. The minimum Gasteiger partial charge on any atom is -0.507 e. The van der Waals surface area contributed by atoms with E-state index in [4.69, 9.17) is 0 Å². The molecule has 0 saturated heterocycles. The molecule has 0 unspecified atom stereocenters. The van der Waals surface area contributed by atoms with Gasteiger partial charge in [-0.2, -0.15) is 0 Å². The maximum Gasteiger partial charge on any atom is 0.221 e. The van der Waals surface area contributed by atoms with Gasteiger partial charge in [0.2, 0.25) is 5.91 Å². The van der Waals surface area contributed by atoms with Crippen molar-refractivity contribution in [3.63, 3.8) is 0 Å². The Morgan fingerprint density at radius 2 is 1.68 bits per heavy atom. The lowest BCUT2D eigenvalue weighted by atomic mass is 9.87. The molecule has 0 radical (unpaired) electrons. The van der Waals surface area contributed by atoms with Crippen LogP contribution in [0.5, 0.6) is 5.75 Å². The third-order valence-corrected chi connectivity index (χ3v) is 3.79. The van der Waals surface area contributed by atoms with Crippen molar-refractivity contribution in [1.29, 1.82) is 0 Å². The number of aromatic hydroxyl groups is 1. The molecule has 1 amide bonds. The van der Waals surface area contributed by atoms with Crippen LogP contribution in [0.3, 0.4) is 0 Å². The molecule has 4 nitrogen and oxygen atoms in total. The number of rotatable bonds is 4. The zero-order chi connectivity index (χ0) is 18.6. The number of hydrogen-bond acceptors (Lipinski definition) is 3. The number of hydrogen-bond donors (Lipinski definition) is 2. The Labute approximate surface area is 148 Å². The molecule has 0 spiro atoms. The molecule has 0 aliphatic carbocycles. The summed E-state index contributed by atoms with van der Waals surface area (Å²) in [5.74, 6) is -0.701. The van der Waals surface area contributed by atoms with E-state index in [1.807, 2.05) is 24.3 Å². The van der Waals surface area contributed by atoms with Crippen molar-refractivity contribution in [1.82, 2.24) is 0 Å². The fraction of sp³-hybridized carbons (Fsp3) is 0.238. The Hall–Kier alpha value is -2.88. The Morgan fingerprint density at radius 3 is 2.20 bits per heavy atom. The summed E-state index contributed by atoms with van der Waals surface area (Å²) in [6, 6.07) is 12.5. The second kappa shape index (κ2) is 7.34. The summed E-state index contributed by atoms with van der Waals surface area (Å²) in [6.45, 7) is 7.82. The van der Waals surface area contributed by atoms with Crippen LogP contribution in [-0.4, -0.2) is 16.8 Å². The molecule has 0 fully saturated rings. The third-order valence-electron chi connectivity index (χ3n) is 3.79. The quantitative estimate of drug-likeness (QED) is 0.635. The van der Waals surface area contributed by atoms with E-state index in [1.165, 1.54) is 30.7 Å². The van der Waals surface area contributed by atoms with E-state index in [1.54, 1.807) is 12.1 Å². The first-order valence-electron chi connectivity index (χ1n) is 8.10. The van der Waals surface area contributed by atoms with Crippen molar-refractivity contribution in [2.45, 2.75) is 33.1 Å². The number of allylic oxidation sites excluding steroid dienone is 1. The van der Waals surface area contributed by atoms with Gasteiger partial charge >= 0.3 is 0 Å². The van der Waals surface area contributed by atoms with Gasteiger partial charge in [-0.15, -0.1) is 0 Å². The van der Waals surface area contributed by atoms with Crippen molar-refractivity contribution >= 4 is 23.5 Å². The average Bonchev–Trinajstić information content (AvgIpc) is 2.51. The number of ketones is 1. The van der Waals surface area contributed by atoms with Gasteiger partial charge in [-0.05, 0) is 34.8 Å². The smallest absolute Gasteiger partial charge is 0.221 e. The summed E-state index contributed by atoms with van der Waals surface area (Å²) >= 11 is 0. The first-order chi connectivity index (χ1) is 11.7. The number of nitrogens with one attached hydrogen (secondary N) is 1. The lowest BCUT2D eigenvalue weighted by Gasteiger charge is -2.18. The van der Waals surface area contributed by atoms with Crippen molar-refractivity contribution in [2.24, 2.45) is 0 Å². The number of phenolic OH excluding ortho intramolecular Hbond substituents is 1. The Morgan fingerprint density at radius 1 is 1.04 bits per heavy atom. The first-order valence-corrected chi connectivity index (χ1v) is 8.10. The number of benzene rings is 2. The van der Waals surface area contributed by atoms with Gasteiger partial charge in [0.15, 0.2) is 5.78 Å². The first kappa shape index (κ1) is 18.5. The zero-order valence-electron chi connectivity index (χ0n) is 15.0. The van der Waals surface area contributed by atoms with E-state index in [9.17, 15) is 14.7 Å². The SMILES string of the molecule is CC(=O)Nc1ccc(C(=O)/C=C/c2ccc(C(C)(C)C)cc2)c(O)c1. The molecule has 2 N–H and O–H groups in total.